The lowest BCUT2D eigenvalue weighted by Gasteiger charge is -2.29. The Morgan fingerprint density at radius 3 is 2.77 bits per heavy atom. The van der Waals surface area contributed by atoms with Gasteiger partial charge in [0.05, 0.1) is 12.6 Å². The molecule has 0 radical (unpaired) electrons. The number of fused-ring (bicyclic) bond motifs is 1. The lowest BCUT2D eigenvalue weighted by Crippen LogP contribution is -2.38. The largest absolute Gasteiger partial charge is 0.501 e. The lowest BCUT2D eigenvalue weighted by molar-refractivity contribution is -0.125. The van der Waals surface area contributed by atoms with Crippen LogP contribution < -0.4 is 26.6 Å². The molecule has 4 rings (SSSR count). The molecule has 0 bridgehead atoms. The number of hydrogen-bond acceptors (Lipinski definition) is 6. The number of unbranched alkanes of at least 4 members (excludes halogenated alkanes) is 1. The first-order valence-corrected chi connectivity index (χ1v) is 12.3. The standard InChI is InChI=1S/C25H32N4O6/c1-2-3-12-35-19-9-5-6-16-17(19)7-4-8-18(16)27-22(31)14-10-11-15(13-14)26-23(32)20-21(30)24(33)29-25(34)28-20/h5-6,9,14-15,18,30H,2-4,7-8,10-13H2,1H3,(H,26,32)(H,27,31)(H2,28,29,33,34)/t14-,15+,18-/m1/s1. The summed E-state index contributed by atoms with van der Waals surface area (Å²) in [4.78, 5) is 52.5. The fourth-order valence-corrected chi connectivity index (χ4v) is 4.97. The molecule has 1 aromatic heterocycles. The number of amides is 2. The van der Waals surface area contributed by atoms with Gasteiger partial charge in [0.1, 0.15) is 5.75 Å². The molecular weight excluding hydrogens is 452 g/mol. The summed E-state index contributed by atoms with van der Waals surface area (Å²) in [7, 11) is 0. The fraction of sp³-hybridized carbons (Fsp3) is 0.520. The van der Waals surface area contributed by atoms with E-state index in [1.807, 2.05) is 17.1 Å². The third kappa shape index (κ3) is 5.58. The van der Waals surface area contributed by atoms with Crippen LogP contribution in [0, 0.1) is 5.92 Å². The number of aromatic amines is 2. The molecule has 1 saturated carbocycles. The van der Waals surface area contributed by atoms with Crippen molar-refractivity contribution in [3.05, 3.63) is 55.9 Å². The van der Waals surface area contributed by atoms with Gasteiger partial charge in [-0.05, 0) is 62.1 Å². The van der Waals surface area contributed by atoms with E-state index in [2.05, 4.69) is 28.6 Å². The molecule has 1 aromatic carbocycles. The van der Waals surface area contributed by atoms with Gasteiger partial charge in [-0.3, -0.25) is 24.4 Å². The second kappa shape index (κ2) is 10.8. The summed E-state index contributed by atoms with van der Waals surface area (Å²) in [6, 6.07) is 5.64. The second-order valence-corrected chi connectivity index (χ2v) is 9.29. The first-order chi connectivity index (χ1) is 16.9. The van der Waals surface area contributed by atoms with Crippen LogP contribution in [0.1, 0.15) is 79.5 Å². The predicted molar refractivity (Wildman–Crippen MR) is 129 cm³/mol. The molecule has 3 atom stereocenters. The fourth-order valence-electron chi connectivity index (χ4n) is 4.97. The van der Waals surface area contributed by atoms with Crippen LogP contribution in [0.2, 0.25) is 0 Å². The summed E-state index contributed by atoms with van der Waals surface area (Å²) in [5.74, 6) is -1.01. The molecule has 2 aliphatic rings. The zero-order valence-electron chi connectivity index (χ0n) is 19.8. The van der Waals surface area contributed by atoms with Gasteiger partial charge in [0, 0.05) is 12.0 Å². The maximum Gasteiger partial charge on any atom is 0.326 e. The molecule has 1 fully saturated rings. The highest BCUT2D eigenvalue weighted by atomic mass is 16.5. The average molecular weight is 485 g/mol. The number of carbonyl (C=O) groups excluding carboxylic acids is 2. The van der Waals surface area contributed by atoms with Gasteiger partial charge in [0.25, 0.3) is 11.5 Å². The number of aromatic hydroxyl groups is 1. The minimum Gasteiger partial charge on any atom is -0.501 e. The highest BCUT2D eigenvalue weighted by molar-refractivity contribution is 5.94. The summed E-state index contributed by atoms with van der Waals surface area (Å²) in [6.07, 6.45) is 6.44. The van der Waals surface area contributed by atoms with Crippen LogP contribution >= 0.6 is 0 Å². The van der Waals surface area contributed by atoms with Gasteiger partial charge in [0.15, 0.2) is 5.69 Å². The number of nitrogens with one attached hydrogen (secondary N) is 4. The smallest absolute Gasteiger partial charge is 0.326 e. The molecule has 10 nitrogen and oxygen atoms in total. The molecule has 1 heterocycles. The van der Waals surface area contributed by atoms with Crippen molar-refractivity contribution in [3.63, 3.8) is 0 Å². The Hall–Kier alpha value is -3.56. The lowest BCUT2D eigenvalue weighted by atomic mass is 9.86. The topological polar surface area (TPSA) is 153 Å². The molecule has 35 heavy (non-hydrogen) atoms. The summed E-state index contributed by atoms with van der Waals surface area (Å²) in [5.41, 5.74) is -0.122. The van der Waals surface area contributed by atoms with Gasteiger partial charge in [-0.1, -0.05) is 25.5 Å². The van der Waals surface area contributed by atoms with E-state index in [1.165, 1.54) is 5.56 Å². The number of H-pyrrole nitrogens is 2. The van der Waals surface area contributed by atoms with E-state index < -0.39 is 28.6 Å². The third-order valence-corrected chi connectivity index (χ3v) is 6.82. The van der Waals surface area contributed by atoms with E-state index in [4.69, 9.17) is 4.74 Å². The van der Waals surface area contributed by atoms with Crippen LogP contribution in [-0.4, -0.2) is 39.5 Å². The average Bonchev–Trinajstić information content (AvgIpc) is 3.30. The molecule has 0 saturated heterocycles. The van der Waals surface area contributed by atoms with E-state index in [-0.39, 0.29) is 23.9 Å². The second-order valence-electron chi connectivity index (χ2n) is 9.29. The molecule has 2 amide bonds. The van der Waals surface area contributed by atoms with Gasteiger partial charge in [-0.2, -0.15) is 0 Å². The van der Waals surface area contributed by atoms with Crippen LogP contribution in [0.15, 0.2) is 27.8 Å². The first-order valence-electron chi connectivity index (χ1n) is 12.3. The third-order valence-electron chi connectivity index (χ3n) is 6.82. The van der Waals surface area contributed by atoms with E-state index in [1.54, 1.807) is 0 Å². The molecule has 0 spiro atoms. The van der Waals surface area contributed by atoms with Crippen molar-refractivity contribution >= 4 is 11.8 Å². The van der Waals surface area contributed by atoms with E-state index in [9.17, 15) is 24.3 Å². The summed E-state index contributed by atoms with van der Waals surface area (Å²) in [6.45, 7) is 2.81. The van der Waals surface area contributed by atoms with Gasteiger partial charge in [0.2, 0.25) is 11.7 Å². The normalized spacial score (nSPS) is 21.2. The Morgan fingerprint density at radius 1 is 1.14 bits per heavy atom. The summed E-state index contributed by atoms with van der Waals surface area (Å²) >= 11 is 0. The van der Waals surface area contributed by atoms with Crippen molar-refractivity contribution in [2.75, 3.05) is 6.61 Å². The number of carbonyl (C=O) groups is 2. The minimum absolute atomic E-state index is 0.0516. The maximum atomic E-state index is 13.1. The molecular formula is C25H32N4O6. The van der Waals surface area contributed by atoms with Crippen molar-refractivity contribution in [1.82, 2.24) is 20.6 Å². The minimum atomic E-state index is -1.03. The van der Waals surface area contributed by atoms with Crippen LogP contribution in [0.25, 0.3) is 0 Å². The van der Waals surface area contributed by atoms with Crippen molar-refractivity contribution in [2.24, 2.45) is 5.92 Å². The Labute approximate surface area is 202 Å². The molecule has 0 unspecified atom stereocenters. The number of rotatable bonds is 8. The van der Waals surface area contributed by atoms with Gasteiger partial charge < -0.3 is 20.5 Å². The Morgan fingerprint density at radius 2 is 1.97 bits per heavy atom. The predicted octanol–water partition coefficient (Wildman–Crippen LogP) is 2.04. The Bertz CT molecular complexity index is 1200. The maximum absolute atomic E-state index is 13.1. The van der Waals surface area contributed by atoms with Crippen LogP contribution in [0.3, 0.4) is 0 Å². The van der Waals surface area contributed by atoms with Crippen LogP contribution in [-0.2, 0) is 11.2 Å². The SMILES string of the molecule is CCCCOc1cccc2c1CCC[C@H]2NC(=O)[C@@H]1CC[C@H](NC(=O)c2[nH]c(=O)[nH]c(=O)c2O)C1. The summed E-state index contributed by atoms with van der Waals surface area (Å²) in [5, 5.41) is 15.7. The number of hydrogen-bond donors (Lipinski definition) is 5. The van der Waals surface area contributed by atoms with Gasteiger partial charge >= 0.3 is 5.69 Å². The highest BCUT2D eigenvalue weighted by Gasteiger charge is 2.34. The highest BCUT2D eigenvalue weighted by Crippen LogP contribution is 2.36. The zero-order chi connectivity index (χ0) is 24.9. The quantitative estimate of drug-likeness (QED) is 0.361. The molecule has 188 valence electrons. The van der Waals surface area contributed by atoms with Crippen molar-refractivity contribution in [1.29, 1.82) is 0 Å². The zero-order valence-corrected chi connectivity index (χ0v) is 19.8. The van der Waals surface area contributed by atoms with Gasteiger partial charge in [-0.25, -0.2) is 4.79 Å². The molecule has 2 aromatic rings. The van der Waals surface area contributed by atoms with E-state index in [0.717, 1.165) is 43.4 Å². The number of aromatic nitrogens is 2. The molecule has 10 heteroatoms. The molecule has 0 aliphatic heterocycles. The van der Waals surface area contributed by atoms with Crippen LogP contribution in [0.5, 0.6) is 11.5 Å². The van der Waals surface area contributed by atoms with E-state index >= 15 is 0 Å². The Balaban J connectivity index is 1.37. The van der Waals surface area contributed by atoms with Gasteiger partial charge in [-0.15, -0.1) is 0 Å². The monoisotopic (exact) mass is 484 g/mol. The first kappa shape index (κ1) is 24.6. The van der Waals surface area contributed by atoms with Crippen molar-refractivity contribution in [3.8, 4) is 11.5 Å². The van der Waals surface area contributed by atoms with Crippen LogP contribution in [0.4, 0.5) is 0 Å². The molecule has 2 aliphatic carbocycles. The van der Waals surface area contributed by atoms with E-state index in [0.29, 0.717) is 25.9 Å². The summed E-state index contributed by atoms with van der Waals surface area (Å²) < 4.78 is 5.99. The number of benzene rings is 1. The Kier molecular flexibility index (Phi) is 7.57. The number of ether oxygens (including phenoxy) is 1. The van der Waals surface area contributed by atoms with Crippen molar-refractivity contribution in [2.45, 2.75) is 70.4 Å². The molecule has 5 N–H and O–H groups in total. The van der Waals surface area contributed by atoms with Crippen molar-refractivity contribution < 1.29 is 19.4 Å².